The molecule has 96 valence electrons. The van der Waals surface area contributed by atoms with Crippen LogP contribution < -0.4 is 0 Å². The summed E-state index contributed by atoms with van der Waals surface area (Å²) in [4.78, 5) is 15.6. The number of rotatable bonds is 6. The first kappa shape index (κ1) is 14.4. The summed E-state index contributed by atoms with van der Waals surface area (Å²) in [5, 5.41) is 0. The van der Waals surface area contributed by atoms with Crippen LogP contribution in [0.4, 0.5) is 0 Å². The molecule has 0 spiro atoms. The second-order valence-electron chi connectivity index (χ2n) is 4.26. The zero-order valence-electron chi connectivity index (χ0n) is 11.2. The molecule has 0 N–H and O–H groups in total. The van der Waals surface area contributed by atoms with Crippen molar-refractivity contribution in [2.75, 3.05) is 0 Å². The molecule has 18 heavy (non-hydrogen) atoms. The van der Waals surface area contributed by atoms with Crippen LogP contribution in [-0.4, -0.2) is 17.5 Å². The summed E-state index contributed by atoms with van der Waals surface area (Å²) in [5.41, 5.74) is 0.974. The third-order valence-electron chi connectivity index (χ3n) is 2.62. The number of Topliss-reactive ketones (excluding diaryl/α,β-unsaturated/α-hetero) is 1. The Morgan fingerprint density at radius 2 is 2.22 bits per heavy atom. The number of hydrogen-bond acceptors (Lipinski definition) is 2. The summed E-state index contributed by atoms with van der Waals surface area (Å²) in [6, 6.07) is 0.228. The number of ketones is 1. The first-order chi connectivity index (χ1) is 8.72. The Morgan fingerprint density at radius 3 is 3.00 bits per heavy atom. The van der Waals surface area contributed by atoms with E-state index in [0.717, 1.165) is 12.1 Å². The van der Waals surface area contributed by atoms with E-state index in [1.165, 1.54) is 0 Å². The lowest BCUT2D eigenvalue weighted by atomic mass is 10.2. The lowest BCUT2D eigenvalue weighted by Crippen LogP contribution is -1.96. The fourth-order valence-electron chi connectivity index (χ4n) is 1.55. The van der Waals surface area contributed by atoms with Gasteiger partial charge in [-0.2, -0.15) is 0 Å². The molecule has 1 atom stereocenters. The van der Waals surface area contributed by atoms with Crippen LogP contribution in [0, 0.1) is 0 Å². The van der Waals surface area contributed by atoms with Gasteiger partial charge in [0.05, 0.1) is 11.8 Å². The van der Waals surface area contributed by atoms with Crippen LogP contribution in [0.3, 0.4) is 0 Å². The predicted octanol–water partition coefficient (Wildman–Crippen LogP) is 3.81. The average molecular weight is 243 g/mol. The summed E-state index contributed by atoms with van der Waals surface area (Å²) in [6.45, 7) is 3.96. The molecular weight excluding hydrogens is 222 g/mol. The second kappa shape index (κ2) is 8.40. The van der Waals surface area contributed by atoms with E-state index in [4.69, 9.17) is 0 Å². The van der Waals surface area contributed by atoms with Gasteiger partial charge in [-0.1, -0.05) is 43.4 Å². The number of carbonyl (C=O) groups is 1. The van der Waals surface area contributed by atoms with Crippen molar-refractivity contribution in [3.8, 4) is 0 Å². The van der Waals surface area contributed by atoms with Crippen molar-refractivity contribution in [2.24, 2.45) is 4.99 Å². The lowest BCUT2D eigenvalue weighted by molar-refractivity contribution is -0.118. The molecule has 0 aromatic carbocycles. The van der Waals surface area contributed by atoms with E-state index in [1.54, 1.807) is 0 Å². The summed E-state index contributed by atoms with van der Waals surface area (Å²) >= 11 is 0. The van der Waals surface area contributed by atoms with Gasteiger partial charge in [0.15, 0.2) is 0 Å². The van der Waals surface area contributed by atoms with Gasteiger partial charge in [-0.05, 0) is 25.5 Å². The number of aliphatic imine (C=N–C) groups is 1. The van der Waals surface area contributed by atoms with Crippen molar-refractivity contribution < 1.29 is 4.79 Å². The highest BCUT2D eigenvalue weighted by Gasteiger charge is 1.96. The number of hydrogen-bond donors (Lipinski definition) is 0. The van der Waals surface area contributed by atoms with Gasteiger partial charge < -0.3 is 0 Å². The van der Waals surface area contributed by atoms with Gasteiger partial charge in [0.25, 0.3) is 0 Å². The largest absolute Gasteiger partial charge is 0.300 e. The molecular formula is C16H21NO. The molecule has 2 heteroatoms. The van der Waals surface area contributed by atoms with E-state index in [0.29, 0.717) is 18.6 Å². The van der Waals surface area contributed by atoms with Crippen molar-refractivity contribution in [3.05, 3.63) is 48.6 Å². The van der Waals surface area contributed by atoms with Crippen molar-refractivity contribution in [1.29, 1.82) is 0 Å². The zero-order valence-corrected chi connectivity index (χ0v) is 11.2. The summed E-state index contributed by atoms with van der Waals surface area (Å²) < 4.78 is 0. The van der Waals surface area contributed by atoms with Crippen LogP contribution in [0.1, 0.15) is 33.1 Å². The van der Waals surface area contributed by atoms with E-state index in [2.05, 4.69) is 18.0 Å². The van der Waals surface area contributed by atoms with Crippen LogP contribution >= 0.6 is 0 Å². The Hall–Kier alpha value is -1.70. The second-order valence-corrected chi connectivity index (χ2v) is 4.26. The first-order valence-electron chi connectivity index (χ1n) is 6.50. The number of nitrogens with zero attached hydrogens (tertiary/aromatic N) is 1. The smallest absolute Gasteiger partial charge is 0.132 e. The predicted molar refractivity (Wildman–Crippen MR) is 78.0 cm³/mol. The van der Waals surface area contributed by atoms with Gasteiger partial charge in [-0.3, -0.25) is 9.79 Å². The molecule has 1 rings (SSSR count). The van der Waals surface area contributed by atoms with Gasteiger partial charge in [-0.15, -0.1) is 0 Å². The first-order valence-corrected chi connectivity index (χ1v) is 6.50. The van der Waals surface area contributed by atoms with Gasteiger partial charge in [0, 0.05) is 12.8 Å². The molecule has 0 saturated carbocycles. The van der Waals surface area contributed by atoms with Gasteiger partial charge in [-0.25, -0.2) is 0 Å². The van der Waals surface area contributed by atoms with E-state index >= 15 is 0 Å². The molecule has 1 unspecified atom stereocenters. The molecule has 0 fully saturated rings. The van der Waals surface area contributed by atoms with Crippen molar-refractivity contribution >= 4 is 11.5 Å². The van der Waals surface area contributed by atoms with E-state index in [-0.39, 0.29) is 6.04 Å². The maximum absolute atomic E-state index is 11.1. The Balaban J connectivity index is 2.36. The minimum atomic E-state index is 0.228. The SMILES string of the molecule is CCC(=O)CCC=CC=CC1=NC(C)C=CC=C1. The Morgan fingerprint density at radius 1 is 1.39 bits per heavy atom. The van der Waals surface area contributed by atoms with Crippen LogP contribution in [-0.2, 0) is 4.79 Å². The van der Waals surface area contributed by atoms with E-state index < -0.39 is 0 Å². The van der Waals surface area contributed by atoms with Gasteiger partial charge in [0.2, 0.25) is 0 Å². The van der Waals surface area contributed by atoms with Crippen LogP contribution in [0.2, 0.25) is 0 Å². The molecule has 0 aliphatic carbocycles. The molecule has 2 nitrogen and oxygen atoms in total. The molecule has 0 aromatic rings. The van der Waals surface area contributed by atoms with Crippen molar-refractivity contribution in [3.63, 3.8) is 0 Å². The molecule has 0 radical (unpaired) electrons. The third-order valence-corrected chi connectivity index (χ3v) is 2.62. The maximum Gasteiger partial charge on any atom is 0.132 e. The van der Waals surface area contributed by atoms with Crippen molar-refractivity contribution in [1.82, 2.24) is 0 Å². The normalized spacial score (nSPS) is 19.4. The number of allylic oxidation sites excluding steroid dienone is 7. The van der Waals surface area contributed by atoms with Crippen LogP contribution in [0.5, 0.6) is 0 Å². The molecule has 1 aliphatic rings. The molecule has 0 aromatic heterocycles. The van der Waals surface area contributed by atoms with Gasteiger partial charge in [0.1, 0.15) is 5.78 Å². The summed E-state index contributed by atoms with van der Waals surface area (Å²) in [6.07, 6.45) is 18.1. The highest BCUT2D eigenvalue weighted by atomic mass is 16.1. The van der Waals surface area contributed by atoms with Gasteiger partial charge >= 0.3 is 0 Å². The van der Waals surface area contributed by atoms with E-state index in [1.807, 2.05) is 49.5 Å². The minimum absolute atomic E-state index is 0.228. The molecule has 1 heterocycles. The highest BCUT2D eigenvalue weighted by molar-refractivity contribution is 6.04. The maximum atomic E-state index is 11.1. The zero-order chi connectivity index (χ0) is 13.2. The van der Waals surface area contributed by atoms with E-state index in [9.17, 15) is 4.79 Å². The summed E-state index contributed by atoms with van der Waals surface area (Å²) in [7, 11) is 0. The fraction of sp³-hybridized carbons (Fsp3) is 0.375. The fourth-order valence-corrected chi connectivity index (χ4v) is 1.55. The van der Waals surface area contributed by atoms with Crippen molar-refractivity contribution in [2.45, 2.75) is 39.2 Å². The molecule has 1 aliphatic heterocycles. The summed E-state index contributed by atoms with van der Waals surface area (Å²) in [5.74, 6) is 0.319. The Kier molecular flexibility index (Phi) is 6.70. The topological polar surface area (TPSA) is 29.4 Å². The molecule has 0 saturated heterocycles. The molecule has 0 amide bonds. The highest BCUT2D eigenvalue weighted by Crippen LogP contribution is 2.01. The third kappa shape index (κ3) is 6.14. The monoisotopic (exact) mass is 243 g/mol. The number of carbonyl (C=O) groups excluding carboxylic acids is 1. The molecule has 0 bridgehead atoms. The quantitative estimate of drug-likeness (QED) is 0.652. The average Bonchev–Trinajstić information content (AvgIpc) is 2.57. The van der Waals surface area contributed by atoms with Crippen LogP contribution in [0.15, 0.2) is 53.6 Å². The van der Waals surface area contributed by atoms with Crippen LogP contribution in [0.25, 0.3) is 0 Å². The lowest BCUT2D eigenvalue weighted by Gasteiger charge is -1.97. The Labute approximate surface area is 110 Å². The standard InChI is InChI=1S/C16H21NO/c1-3-16(18)13-7-5-4-6-11-15-12-9-8-10-14(2)17-15/h4-6,8-12,14H,3,7,13H2,1-2H3. The minimum Gasteiger partial charge on any atom is -0.300 e. The Bertz CT molecular complexity index is 411.